The minimum absolute atomic E-state index is 0.0116. The van der Waals surface area contributed by atoms with Gasteiger partial charge in [-0.3, -0.25) is 0 Å². The molecule has 1 aromatic carbocycles. The summed E-state index contributed by atoms with van der Waals surface area (Å²) in [5.41, 5.74) is 6.81. The lowest BCUT2D eigenvalue weighted by Crippen LogP contribution is -2.37. The fraction of sp³-hybridized carbons (Fsp3) is 0.571. The number of hydrogen-bond acceptors (Lipinski definition) is 2. The van der Waals surface area contributed by atoms with Crippen LogP contribution in [0.3, 0.4) is 0 Å². The molecule has 17 heavy (non-hydrogen) atoms. The molecule has 0 aliphatic rings. The number of rotatable bonds is 5. The second-order valence-electron chi connectivity index (χ2n) is 5.18. The van der Waals surface area contributed by atoms with Gasteiger partial charge in [0.15, 0.2) is 0 Å². The van der Waals surface area contributed by atoms with Crippen molar-refractivity contribution in [2.45, 2.75) is 39.2 Å². The molecule has 2 nitrogen and oxygen atoms in total. The number of nitrogens with two attached hydrogens (primary N) is 1. The maximum Gasteiger partial charge on any atom is 0.0671 e. The van der Waals surface area contributed by atoms with Crippen molar-refractivity contribution in [3.8, 4) is 0 Å². The summed E-state index contributed by atoms with van der Waals surface area (Å²) < 4.78 is 1.02. The summed E-state index contributed by atoms with van der Waals surface area (Å²) in [6, 6.07) is 8.02. The zero-order valence-corrected chi connectivity index (χ0v) is 12.4. The van der Waals surface area contributed by atoms with Crippen LogP contribution < -0.4 is 5.73 Å². The molecule has 0 saturated carbocycles. The van der Waals surface area contributed by atoms with Crippen LogP contribution in [0.4, 0.5) is 0 Å². The molecular weight excluding hydrogens is 278 g/mol. The van der Waals surface area contributed by atoms with Crippen molar-refractivity contribution in [1.82, 2.24) is 0 Å². The Morgan fingerprint density at radius 2 is 2.06 bits per heavy atom. The first-order valence-corrected chi connectivity index (χ1v) is 6.85. The molecule has 0 bridgehead atoms. The highest BCUT2D eigenvalue weighted by Crippen LogP contribution is 2.34. The van der Waals surface area contributed by atoms with Crippen LogP contribution in [-0.4, -0.2) is 17.8 Å². The van der Waals surface area contributed by atoms with Gasteiger partial charge < -0.3 is 10.8 Å². The monoisotopic (exact) mass is 299 g/mol. The lowest BCUT2D eigenvalue weighted by Gasteiger charge is -2.35. The van der Waals surface area contributed by atoms with Gasteiger partial charge in [0.2, 0.25) is 0 Å². The molecule has 0 saturated heterocycles. The van der Waals surface area contributed by atoms with Gasteiger partial charge in [-0.15, -0.1) is 0 Å². The van der Waals surface area contributed by atoms with E-state index in [-0.39, 0.29) is 11.3 Å². The second kappa shape index (κ2) is 5.98. The smallest absolute Gasteiger partial charge is 0.0671 e. The van der Waals surface area contributed by atoms with E-state index < -0.39 is 6.10 Å². The highest BCUT2D eigenvalue weighted by Gasteiger charge is 2.32. The topological polar surface area (TPSA) is 46.2 Å². The summed E-state index contributed by atoms with van der Waals surface area (Å²) in [5, 5.41) is 10.5. The summed E-state index contributed by atoms with van der Waals surface area (Å²) in [5.74, 6) is -0.0116. The summed E-state index contributed by atoms with van der Waals surface area (Å²) in [7, 11) is 0. The molecule has 1 aromatic rings. The van der Waals surface area contributed by atoms with Crippen molar-refractivity contribution in [2.75, 3.05) is 6.54 Å². The van der Waals surface area contributed by atoms with Crippen LogP contribution in [0.5, 0.6) is 0 Å². The predicted octanol–water partition coefficient (Wildman–Crippen LogP) is 3.29. The van der Waals surface area contributed by atoms with Gasteiger partial charge in [0.1, 0.15) is 0 Å². The van der Waals surface area contributed by atoms with Crippen LogP contribution in [0.15, 0.2) is 28.7 Å². The summed E-state index contributed by atoms with van der Waals surface area (Å²) >= 11 is 3.45. The van der Waals surface area contributed by atoms with Crippen molar-refractivity contribution in [1.29, 1.82) is 0 Å². The number of hydrogen-bond donors (Lipinski definition) is 2. The minimum atomic E-state index is -0.424. The molecule has 1 rings (SSSR count). The van der Waals surface area contributed by atoms with Gasteiger partial charge in [0, 0.05) is 16.9 Å². The van der Waals surface area contributed by atoms with Crippen LogP contribution >= 0.6 is 15.9 Å². The van der Waals surface area contributed by atoms with Crippen molar-refractivity contribution in [3.63, 3.8) is 0 Å². The maximum absolute atomic E-state index is 10.5. The molecule has 0 fully saturated rings. The lowest BCUT2D eigenvalue weighted by molar-refractivity contribution is 0.0264. The minimum Gasteiger partial charge on any atom is -0.392 e. The summed E-state index contributed by atoms with van der Waals surface area (Å²) in [6.07, 6.45) is 0.505. The normalized spacial score (nSPS) is 15.6. The molecule has 2 unspecified atom stereocenters. The van der Waals surface area contributed by atoms with E-state index in [0.717, 1.165) is 16.5 Å². The van der Waals surface area contributed by atoms with Gasteiger partial charge in [0.25, 0.3) is 0 Å². The van der Waals surface area contributed by atoms with Gasteiger partial charge in [0.05, 0.1) is 6.10 Å². The molecule has 0 radical (unpaired) electrons. The van der Waals surface area contributed by atoms with Gasteiger partial charge in [-0.1, -0.05) is 48.8 Å². The van der Waals surface area contributed by atoms with E-state index in [2.05, 4.69) is 36.7 Å². The highest BCUT2D eigenvalue weighted by atomic mass is 79.9. The Hall–Kier alpha value is -0.380. The Morgan fingerprint density at radius 3 is 2.53 bits per heavy atom. The van der Waals surface area contributed by atoms with Crippen LogP contribution in [0, 0.1) is 5.41 Å². The van der Waals surface area contributed by atoms with E-state index in [1.165, 1.54) is 0 Å². The first-order chi connectivity index (χ1) is 7.92. The third-order valence-electron chi connectivity index (χ3n) is 3.62. The highest BCUT2D eigenvalue weighted by molar-refractivity contribution is 9.10. The van der Waals surface area contributed by atoms with Crippen LogP contribution in [0.2, 0.25) is 0 Å². The Morgan fingerprint density at radius 1 is 1.41 bits per heavy atom. The molecular formula is C14H22BrNO. The fourth-order valence-electron chi connectivity index (χ4n) is 1.94. The SMILES string of the molecule is CCC(C)(C)C(O)C(CN)c1cccc(Br)c1. The van der Waals surface area contributed by atoms with Gasteiger partial charge in [-0.25, -0.2) is 0 Å². The summed E-state index contributed by atoms with van der Waals surface area (Å²) in [4.78, 5) is 0. The van der Waals surface area contributed by atoms with E-state index in [1.807, 2.05) is 24.3 Å². The van der Waals surface area contributed by atoms with E-state index >= 15 is 0 Å². The molecule has 0 aromatic heterocycles. The van der Waals surface area contributed by atoms with Gasteiger partial charge in [-0.2, -0.15) is 0 Å². The van der Waals surface area contributed by atoms with E-state index in [0.29, 0.717) is 6.54 Å². The Labute approximate surface area is 112 Å². The first-order valence-electron chi connectivity index (χ1n) is 6.06. The van der Waals surface area contributed by atoms with Crippen molar-refractivity contribution < 1.29 is 5.11 Å². The molecule has 0 heterocycles. The number of aliphatic hydroxyl groups is 1. The Balaban J connectivity index is 2.99. The third-order valence-corrected chi connectivity index (χ3v) is 4.12. The first kappa shape index (κ1) is 14.7. The zero-order valence-electron chi connectivity index (χ0n) is 10.8. The standard InChI is InChI=1S/C14H22BrNO/c1-4-14(2,3)13(17)12(9-16)10-6-5-7-11(15)8-10/h5-8,12-13,17H,4,9,16H2,1-3H3. The number of benzene rings is 1. The quantitative estimate of drug-likeness (QED) is 0.876. The molecule has 3 heteroatoms. The Kier molecular flexibility index (Phi) is 5.17. The summed E-state index contributed by atoms with van der Waals surface area (Å²) in [6.45, 7) is 6.72. The van der Waals surface area contributed by atoms with Crippen molar-refractivity contribution >= 4 is 15.9 Å². The molecule has 3 N–H and O–H groups in total. The average Bonchev–Trinajstić information content (AvgIpc) is 2.30. The molecule has 0 amide bonds. The largest absolute Gasteiger partial charge is 0.392 e. The zero-order chi connectivity index (χ0) is 13.1. The van der Waals surface area contributed by atoms with Crippen LogP contribution in [0.1, 0.15) is 38.7 Å². The second-order valence-corrected chi connectivity index (χ2v) is 6.10. The number of halogens is 1. The van der Waals surface area contributed by atoms with Gasteiger partial charge >= 0.3 is 0 Å². The maximum atomic E-state index is 10.5. The molecule has 96 valence electrons. The molecule has 0 spiro atoms. The Bertz CT molecular complexity index is 365. The van der Waals surface area contributed by atoms with E-state index in [1.54, 1.807) is 0 Å². The average molecular weight is 300 g/mol. The van der Waals surface area contributed by atoms with Crippen LogP contribution in [-0.2, 0) is 0 Å². The van der Waals surface area contributed by atoms with Crippen molar-refractivity contribution in [3.05, 3.63) is 34.3 Å². The predicted molar refractivity (Wildman–Crippen MR) is 76.0 cm³/mol. The molecule has 0 aliphatic carbocycles. The third kappa shape index (κ3) is 3.54. The van der Waals surface area contributed by atoms with Gasteiger partial charge in [-0.05, 0) is 29.5 Å². The van der Waals surface area contributed by atoms with Crippen LogP contribution in [0.25, 0.3) is 0 Å². The fourth-order valence-corrected chi connectivity index (χ4v) is 2.36. The van der Waals surface area contributed by atoms with E-state index in [9.17, 15) is 5.11 Å². The molecule has 2 atom stereocenters. The molecule has 0 aliphatic heterocycles. The lowest BCUT2D eigenvalue weighted by atomic mass is 9.75. The van der Waals surface area contributed by atoms with Crippen molar-refractivity contribution in [2.24, 2.45) is 11.1 Å². The van der Waals surface area contributed by atoms with E-state index in [4.69, 9.17) is 5.73 Å². The number of aliphatic hydroxyl groups excluding tert-OH is 1.